The van der Waals surface area contributed by atoms with Crippen molar-refractivity contribution in [2.24, 2.45) is 7.05 Å². The summed E-state index contributed by atoms with van der Waals surface area (Å²) >= 11 is 0. The molecule has 11 heteroatoms. The van der Waals surface area contributed by atoms with E-state index in [1.54, 1.807) is 14.0 Å². The van der Waals surface area contributed by atoms with Gasteiger partial charge < -0.3 is 14.2 Å². The van der Waals surface area contributed by atoms with Gasteiger partial charge in [0.25, 0.3) is 0 Å². The molecule has 34 heavy (non-hydrogen) atoms. The van der Waals surface area contributed by atoms with Crippen molar-refractivity contribution >= 4 is 21.9 Å². The standard InChI is InChI=1S/C23H21F3N6O2/c1-10-19(11(2)34-31-10)15-7-16-14(8-18(15)33-5)20-17(27-12(3)28-22(20)29-16)6-13-9-32(4)30-21(13)23(24,25)26/h7-9H,6H2,1-5H3,(H,27,28,29). The normalized spacial score (nSPS) is 12.2. The van der Waals surface area contributed by atoms with Crippen LogP contribution >= 0.6 is 0 Å². The molecule has 0 saturated carbocycles. The van der Waals surface area contributed by atoms with Crippen molar-refractivity contribution in [3.05, 3.63) is 52.6 Å². The summed E-state index contributed by atoms with van der Waals surface area (Å²) in [5.74, 6) is 1.68. The van der Waals surface area contributed by atoms with Crippen LogP contribution in [0.25, 0.3) is 33.1 Å². The van der Waals surface area contributed by atoms with E-state index in [4.69, 9.17) is 9.26 Å². The number of halogens is 3. The minimum atomic E-state index is -4.57. The van der Waals surface area contributed by atoms with Crippen LogP contribution in [0.2, 0.25) is 0 Å². The van der Waals surface area contributed by atoms with Crippen LogP contribution in [0.1, 0.15) is 34.2 Å². The third-order valence-electron chi connectivity index (χ3n) is 5.79. The molecule has 0 aliphatic carbocycles. The molecule has 0 atom stereocenters. The fourth-order valence-electron chi connectivity index (χ4n) is 4.47. The van der Waals surface area contributed by atoms with Crippen molar-refractivity contribution < 1.29 is 22.4 Å². The Kier molecular flexibility index (Phi) is 4.88. The third-order valence-corrected chi connectivity index (χ3v) is 5.79. The average Bonchev–Trinajstić information content (AvgIpc) is 3.40. The number of hydrogen-bond acceptors (Lipinski definition) is 6. The number of alkyl halides is 3. The van der Waals surface area contributed by atoms with E-state index in [1.165, 1.54) is 13.2 Å². The van der Waals surface area contributed by atoms with E-state index in [1.807, 2.05) is 26.0 Å². The lowest BCUT2D eigenvalue weighted by Gasteiger charge is -2.10. The first-order valence-corrected chi connectivity index (χ1v) is 10.5. The maximum Gasteiger partial charge on any atom is 0.435 e. The summed E-state index contributed by atoms with van der Waals surface area (Å²) in [6.45, 7) is 5.38. The summed E-state index contributed by atoms with van der Waals surface area (Å²) in [5.41, 5.74) is 3.21. The summed E-state index contributed by atoms with van der Waals surface area (Å²) in [5, 5.41) is 9.04. The highest BCUT2D eigenvalue weighted by Crippen LogP contribution is 2.40. The van der Waals surface area contributed by atoms with E-state index in [-0.39, 0.29) is 12.0 Å². The topological polar surface area (TPSA) is 94.7 Å². The predicted octanol–water partition coefficient (Wildman–Crippen LogP) is 5.04. The average molecular weight is 470 g/mol. The lowest BCUT2D eigenvalue weighted by molar-refractivity contribution is -0.142. The largest absolute Gasteiger partial charge is 0.496 e. The van der Waals surface area contributed by atoms with E-state index < -0.39 is 11.9 Å². The van der Waals surface area contributed by atoms with Gasteiger partial charge in [0.05, 0.1) is 24.1 Å². The van der Waals surface area contributed by atoms with E-state index >= 15 is 0 Å². The fourth-order valence-corrected chi connectivity index (χ4v) is 4.47. The highest BCUT2D eigenvalue weighted by Gasteiger charge is 2.37. The molecule has 4 heterocycles. The van der Waals surface area contributed by atoms with Crippen molar-refractivity contribution in [1.29, 1.82) is 0 Å². The van der Waals surface area contributed by atoms with Crippen molar-refractivity contribution in [1.82, 2.24) is 29.9 Å². The third kappa shape index (κ3) is 3.47. The highest BCUT2D eigenvalue weighted by atomic mass is 19.4. The molecule has 0 aliphatic rings. The molecule has 8 nitrogen and oxygen atoms in total. The molecule has 1 aromatic carbocycles. The van der Waals surface area contributed by atoms with Crippen molar-refractivity contribution in [2.75, 3.05) is 7.11 Å². The number of methoxy groups -OCH3 is 1. The lowest BCUT2D eigenvalue weighted by atomic mass is 9.99. The van der Waals surface area contributed by atoms with Gasteiger partial charge in [-0.2, -0.15) is 18.3 Å². The maximum absolute atomic E-state index is 13.5. The molecule has 0 unspecified atom stereocenters. The van der Waals surface area contributed by atoms with Gasteiger partial charge in [-0.1, -0.05) is 5.16 Å². The van der Waals surface area contributed by atoms with Gasteiger partial charge in [0.15, 0.2) is 5.69 Å². The monoisotopic (exact) mass is 470 g/mol. The second kappa shape index (κ2) is 7.57. The minimum Gasteiger partial charge on any atom is -0.496 e. The fraction of sp³-hybridized carbons (Fsp3) is 0.304. The van der Waals surface area contributed by atoms with Crippen LogP contribution in [0, 0.1) is 20.8 Å². The van der Waals surface area contributed by atoms with Gasteiger partial charge in [0.2, 0.25) is 0 Å². The summed E-state index contributed by atoms with van der Waals surface area (Å²) in [4.78, 5) is 12.3. The molecule has 0 saturated heterocycles. The van der Waals surface area contributed by atoms with Gasteiger partial charge in [0, 0.05) is 47.1 Å². The minimum absolute atomic E-state index is 0.0445. The number of aryl methyl sites for hydroxylation is 4. The van der Waals surface area contributed by atoms with E-state index in [2.05, 4.69) is 25.2 Å². The van der Waals surface area contributed by atoms with Crippen molar-refractivity contribution in [2.45, 2.75) is 33.4 Å². The molecule has 1 N–H and O–H groups in total. The van der Waals surface area contributed by atoms with Crippen LogP contribution in [-0.2, 0) is 19.6 Å². The number of fused-ring (bicyclic) bond motifs is 3. The Bertz CT molecular complexity index is 1540. The highest BCUT2D eigenvalue weighted by molar-refractivity contribution is 6.09. The zero-order chi connectivity index (χ0) is 24.4. The van der Waals surface area contributed by atoms with E-state index in [9.17, 15) is 13.2 Å². The molecule has 0 bridgehead atoms. The maximum atomic E-state index is 13.5. The quantitative estimate of drug-likeness (QED) is 0.395. The van der Waals surface area contributed by atoms with Crippen LogP contribution in [0.3, 0.4) is 0 Å². The number of H-pyrrole nitrogens is 1. The molecule has 0 amide bonds. The number of aromatic amines is 1. The molecule has 5 rings (SSSR count). The number of aromatic nitrogens is 6. The van der Waals surface area contributed by atoms with Gasteiger partial charge in [-0.25, -0.2) is 9.97 Å². The Morgan fingerprint density at radius 3 is 2.56 bits per heavy atom. The van der Waals surface area contributed by atoms with Gasteiger partial charge in [-0.3, -0.25) is 4.68 Å². The van der Waals surface area contributed by atoms with E-state index in [0.29, 0.717) is 34.1 Å². The predicted molar refractivity (Wildman–Crippen MR) is 119 cm³/mol. The van der Waals surface area contributed by atoms with Crippen LogP contribution < -0.4 is 4.74 Å². The van der Waals surface area contributed by atoms with Crippen LogP contribution in [0.4, 0.5) is 13.2 Å². The van der Waals surface area contributed by atoms with Crippen LogP contribution in [0.15, 0.2) is 22.9 Å². The molecule has 0 spiro atoms. The Morgan fingerprint density at radius 1 is 1.15 bits per heavy atom. The molecule has 0 fully saturated rings. The Hall–Kier alpha value is -3.89. The number of rotatable bonds is 4. The smallest absolute Gasteiger partial charge is 0.435 e. The van der Waals surface area contributed by atoms with Gasteiger partial charge in [-0.15, -0.1) is 0 Å². The summed E-state index contributed by atoms with van der Waals surface area (Å²) in [7, 11) is 3.02. The van der Waals surface area contributed by atoms with Crippen molar-refractivity contribution in [3.63, 3.8) is 0 Å². The van der Waals surface area contributed by atoms with Crippen molar-refractivity contribution in [3.8, 4) is 16.9 Å². The Balaban J connectivity index is 1.75. The number of nitrogens with zero attached hydrogens (tertiary/aromatic N) is 5. The number of benzene rings is 1. The molecule has 4 aromatic heterocycles. The Labute approximate surface area is 191 Å². The van der Waals surface area contributed by atoms with Crippen LogP contribution in [0.5, 0.6) is 5.75 Å². The van der Waals surface area contributed by atoms with Crippen LogP contribution in [-0.4, -0.2) is 37.0 Å². The molecule has 5 aromatic rings. The first-order valence-electron chi connectivity index (χ1n) is 10.5. The number of ether oxygens (including phenoxy) is 1. The second-order valence-electron chi connectivity index (χ2n) is 8.21. The zero-order valence-electron chi connectivity index (χ0n) is 19.1. The number of hydrogen-bond donors (Lipinski definition) is 1. The van der Waals surface area contributed by atoms with Gasteiger partial charge in [-0.05, 0) is 32.9 Å². The molecule has 0 aliphatic heterocycles. The molecular formula is C23H21F3N6O2. The van der Waals surface area contributed by atoms with Gasteiger partial charge in [0.1, 0.15) is 23.0 Å². The first-order chi connectivity index (χ1) is 16.1. The summed E-state index contributed by atoms with van der Waals surface area (Å²) < 4.78 is 52.8. The number of nitrogens with one attached hydrogen (secondary N) is 1. The second-order valence-corrected chi connectivity index (χ2v) is 8.21. The SMILES string of the molecule is COc1cc2c(cc1-c1c(C)noc1C)[nH]c1nc(C)nc(Cc3cn(C)nc3C(F)(F)F)c12. The lowest BCUT2D eigenvalue weighted by Crippen LogP contribution is -2.10. The first kappa shape index (κ1) is 21.9. The Morgan fingerprint density at radius 2 is 1.91 bits per heavy atom. The molecular weight excluding hydrogens is 449 g/mol. The summed E-state index contributed by atoms with van der Waals surface area (Å²) in [6.07, 6.45) is -3.25. The van der Waals surface area contributed by atoms with Gasteiger partial charge >= 0.3 is 6.18 Å². The molecule has 0 radical (unpaired) electrons. The van der Waals surface area contributed by atoms with E-state index in [0.717, 1.165) is 32.4 Å². The zero-order valence-corrected chi connectivity index (χ0v) is 19.1. The molecule has 176 valence electrons. The summed E-state index contributed by atoms with van der Waals surface area (Å²) in [6, 6.07) is 3.75.